The number of aromatic nitrogens is 3. The van der Waals surface area contributed by atoms with E-state index in [4.69, 9.17) is 11.6 Å². The number of benzene rings is 2. The molecule has 32 heavy (non-hydrogen) atoms. The molecule has 0 aliphatic carbocycles. The van der Waals surface area contributed by atoms with Crippen LogP contribution in [0.3, 0.4) is 0 Å². The lowest BCUT2D eigenvalue weighted by molar-refractivity contribution is 0.125. The van der Waals surface area contributed by atoms with Gasteiger partial charge in [0.05, 0.1) is 17.2 Å². The second-order valence-electron chi connectivity index (χ2n) is 8.10. The molecule has 0 spiro atoms. The Morgan fingerprint density at radius 1 is 1.06 bits per heavy atom. The molecule has 7 nitrogen and oxygen atoms in total. The van der Waals surface area contributed by atoms with Gasteiger partial charge in [-0.05, 0) is 47.9 Å². The predicted octanol–water partition coefficient (Wildman–Crippen LogP) is 4.50. The summed E-state index contributed by atoms with van der Waals surface area (Å²) in [6.07, 6.45) is 4.25. The molecule has 1 aliphatic heterocycles. The van der Waals surface area contributed by atoms with Crippen molar-refractivity contribution in [1.82, 2.24) is 19.4 Å². The van der Waals surface area contributed by atoms with Crippen molar-refractivity contribution in [2.75, 3.05) is 13.1 Å². The van der Waals surface area contributed by atoms with Crippen LogP contribution in [0.1, 0.15) is 30.0 Å². The number of hydrogen-bond acceptors (Lipinski definition) is 4. The Balaban J connectivity index is 1.60. The fraction of sp³-hybridized carbons (Fsp3) is 0.250. The average Bonchev–Trinajstić information content (AvgIpc) is 2.81. The van der Waals surface area contributed by atoms with Crippen LogP contribution in [0.4, 0.5) is 4.79 Å². The lowest BCUT2D eigenvalue weighted by atomic mass is 9.96. The number of halogens is 1. The van der Waals surface area contributed by atoms with Crippen LogP contribution in [0.25, 0.3) is 21.7 Å². The maximum absolute atomic E-state index is 13.5. The number of hydrogen-bond donors (Lipinski definition) is 1. The van der Waals surface area contributed by atoms with Crippen LogP contribution in [0.2, 0.25) is 5.15 Å². The van der Waals surface area contributed by atoms with Gasteiger partial charge in [-0.1, -0.05) is 41.9 Å². The third-order valence-corrected chi connectivity index (χ3v) is 6.41. The fourth-order valence-corrected chi connectivity index (χ4v) is 4.63. The Morgan fingerprint density at radius 3 is 2.50 bits per heavy atom. The quantitative estimate of drug-likeness (QED) is 0.368. The first-order valence-corrected chi connectivity index (χ1v) is 10.9. The van der Waals surface area contributed by atoms with Crippen LogP contribution in [-0.4, -0.2) is 43.7 Å². The Hall–Kier alpha value is -3.45. The summed E-state index contributed by atoms with van der Waals surface area (Å²) in [6, 6.07) is 13.5. The van der Waals surface area contributed by atoms with Crippen LogP contribution < -0.4 is 5.56 Å². The zero-order valence-corrected chi connectivity index (χ0v) is 18.0. The molecule has 4 aromatic rings. The fourth-order valence-electron chi connectivity index (χ4n) is 4.52. The summed E-state index contributed by atoms with van der Waals surface area (Å²) in [5.41, 5.74) is 2.62. The second kappa shape index (κ2) is 8.24. The highest BCUT2D eigenvalue weighted by atomic mass is 35.5. The monoisotopic (exact) mass is 448 g/mol. The molecule has 0 atom stereocenters. The van der Waals surface area contributed by atoms with Gasteiger partial charge in [-0.3, -0.25) is 9.36 Å². The van der Waals surface area contributed by atoms with Gasteiger partial charge in [0.25, 0.3) is 5.56 Å². The molecule has 0 saturated carbocycles. The van der Waals surface area contributed by atoms with Crippen LogP contribution in [-0.2, 0) is 6.42 Å². The van der Waals surface area contributed by atoms with Crippen molar-refractivity contribution in [3.8, 4) is 0 Å². The van der Waals surface area contributed by atoms with Crippen molar-refractivity contribution in [3.05, 3.63) is 81.6 Å². The molecule has 8 heteroatoms. The summed E-state index contributed by atoms with van der Waals surface area (Å²) in [6.45, 7) is 0.827. The minimum absolute atomic E-state index is 0.0645. The number of nitrogens with zero attached hydrogens (tertiary/aromatic N) is 4. The molecule has 2 aromatic heterocycles. The zero-order valence-electron chi connectivity index (χ0n) is 17.2. The van der Waals surface area contributed by atoms with Crippen molar-refractivity contribution >= 4 is 39.4 Å². The smallest absolute Gasteiger partial charge is 0.407 e. The van der Waals surface area contributed by atoms with E-state index in [-0.39, 0.29) is 11.6 Å². The molecule has 1 fully saturated rings. The first-order chi connectivity index (χ1) is 15.5. The minimum atomic E-state index is -0.916. The molecule has 5 rings (SSSR count). The maximum Gasteiger partial charge on any atom is 0.407 e. The van der Waals surface area contributed by atoms with Crippen molar-refractivity contribution in [1.29, 1.82) is 0 Å². The minimum Gasteiger partial charge on any atom is -0.465 e. The standard InChI is InChI=1S/C24H21ClN4O3/c25-21-6-5-15(13-26-21)11-16-12-20-22(19-4-2-1-3-18(16)19)27-14-29(23(20)30)17-7-9-28(10-8-17)24(31)32/h1-6,12-14,17H,7-11H2,(H,31,32). The van der Waals surface area contributed by atoms with Crippen LogP contribution in [0, 0.1) is 0 Å². The largest absolute Gasteiger partial charge is 0.465 e. The van der Waals surface area contributed by atoms with Crippen molar-refractivity contribution in [2.45, 2.75) is 25.3 Å². The Kier molecular flexibility index (Phi) is 5.27. The first-order valence-electron chi connectivity index (χ1n) is 10.5. The summed E-state index contributed by atoms with van der Waals surface area (Å²) >= 11 is 5.93. The van der Waals surface area contributed by atoms with Gasteiger partial charge < -0.3 is 10.0 Å². The normalized spacial score (nSPS) is 14.8. The molecule has 1 aliphatic rings. The third-order valence-electron chi connectivity index (χ3n) is 6.19. The van der Waals surface area contributed by atoms with Crippen LogP contribution >= 0.6 is 11.6 Å². The second-order valence-corrected chi connectivity index (χ2v) is 8.49. The van der Waals surface area contributed by atoms with E-state index < -0.39 is 6.09 Å². The van der Waals surface area contributed by atoms with Crippen molar-refractivity contribution < 1.29 is 9.90 Å². The lowest BCUT2D eigenvalue weighted by Gasteiger charge is -2.30. The van der Waals surface area contributed by atoms with E-state index in [1.165, 1.54) is 4.90 Å². The summed E-state index contributed by atoms with van der Waals surface area (Å²) in [7, 11) is 0. The molecule has 1 N–H and O–H groups in total. The van der Waals surface area contributed by atoms with Gasteiger partial charge in [0.1, 0.15) is 5.15 Å². The number of carbonyl (C=O) groups is 1. The molecule has 0 unspecified atom stereocenters. The number of amides is 1. The highest BCUT2D eigenvalue weighted by molar-refractivity contribution is 6.29. The molecule has 0 bridgehead atoms. The SMILES string of the molecule is O=C(O)N1CCC(n2cnc3c(cc(Cc4ccc(Cl)nc4)c4ccccc43)c2=O)CC1. The summed E-state index contributed by atoms with van der Waals surface area (Å²) in [4.78, 5) is 34.9. The Morgan fingerprint density at radius 2 is 1.81 bits per heavy atom. The average molecular weight is 449 g/mol. The molecule has 1 saturated heterocycles. The number of rotatable bonds is 3. The molecular formula is C24H21ClN4O3. The van der Waals surface area contributed by atoms with Crippen LogP contribution in [0.5, 0.6) is 0 Å². The topological polar surface area (TPSA) is 88.3 Å². The number of fused-ring (bicyclic) bond motifs is 3. The highest BCUT2D eigenvalue weighted by Gasteiger charge is 2.25. The maximum atomic E-state index is 13.5. The van der Waals surface area contributed by atoms with Gasteiger partial charge in [-0.15, -0.1) is 0 Å². The summed E-state index contributed by atoms with van der Waals surface area (Å²) in [5.74, 6) is 0. The molecule has 0 radical (unpaired) electrons. The van der Waals surface area contributed by atoms with E-state index in [1.807, 2.05) is 36.4 Å². The van der Waals surface area contributed by atoms with Gasteiger partial charge in [-0.25, -0.2) is 14.8 Å². The van der Waals surface area contributed by atoms with Crippen LogP contribution in [0.15, 0.2) is 59.8 Å². The van der Waals surface area contributed by atoms with E-state index >= 15 is 0 Å². The predicted molar refractivity (Wildman–Crippen MR) is 123 cm³/mol. The van der Waals surface area contributed by atoms with Gasteiger partial charge in [0.15, 0.2) is 0 Å². The van der Waals surface area contributed by atoms with Crippen molar-refractivity contribution in [2.24, 2.45) is 0 Å². The Labute approximate surface area is 188 Å². The molecular weight excluding hydrogens is 428 g/mol. The first kappa shape index (κ1) is 20.5. The summed E-state index contributed by atoms with van der Waals surface area (Å²) in [5, 5.41) is 12.2. The van der Waals surface area contributed by atoms with Gasteiger partial charge in [-0.2, -0.15) is 0 Å². The van der Waals surface area contributed by atoms with Crippen molar-refractivity contribution in [3.63, 3.8) is 0 Å². The Bertz CT molecular complexity index is 1380. The molecule has 162 valence electrons. The van der Waals surface area contributed by atoms with E-state index in [0.29, 0.717) is 48.4 Å². The highest BCUT2D eigenvalue weighted by Crippen LogP contribution is 2.29. The van der Waals surface area contributed by atoms with Gasteiger partial charge in [0.2, 0.25) is 0 Å². The third kappa shape index (κ3) is 3.69. The lowest BCUT2D eigenvalue weighted by Crippen LogP contribution is -2.40. The summed E-state index contributed by atoms with van der Waals surface area (Å²) < 4.78 is 1.67. The number of pyridine rings is 1. The van der Waals surface area contributed by atoms with E-state index in [2.05, 4.69) is 9.97 Å². The van der Waals surface area contributed by atoms with E-state index in [9.17, 15) is 14.7 Å². The van der Waals surface area contributed by atoms with Gasteiger partial charge >= 0.3 is 6.09 Å². The number of carboxylic acid groups (broad SMARTS) is 1. The van der Waals surface area contributed by atoms with E-state index in [1.54, 1.807) is 23.2 Å². The molecule has 3 heterocycles. The number of piperidine rings is 1. The van der Waals surface area contributed by atoms with Gasteiger partial charge in [0, 0.05) is 30.7 Å². The number of likely N-dealkylation sites (tertiary alicyclic amines) is 1. The van der Waals surface area contributed by atoms with E-state index in [0.717, 1.165) is 21.9 Å². The zero-order chi connectivity index (χ0) is 22.2. The molecule has 1 amide bonds. The molecule has 2 aromatic carbocycles.